The molecule has 3 atom stereocenters. The van der Waals surface area contributed by atoms with Crippen LogP contribution in [-0.2, 0) is 14.3 Å². The summed E-state index contributed by atoms with van der Waals surface area (Å²) in [7, 11) is 1.65. The molecule has 1 heterocycles. The number of rotatable bonds is 6. The van der Waals surface area contributed by atoms with Crippen LogP contribution in [0.2, 0.25) is 0 Å². The number of hydrogen-bond donors (Lipinski definition) is 1. The first-order valence-electron chi connectivity index (χ1n) is 13.0. The van der Waals surface area contributed by atoms with Crippen molar-refractivity contribution < 1.29 is 19.1 Å². The number of carbonyl (C=O) groups excluding carboxylic acids is 2. The van der Waals surface area contributed by atoms with Crippen LogP contribution in [0.5, 0.6) is 5.75 Å². The number of hydrogen-bond acceptors (Lipinski definition) is 5. The van der Waals surface area contributed by atoms with Gasteiger partial charge >= 0.3 is 5.97 Å². The number of nitrogens with one attached hydrogen (secondary N) is 1. The Kier molecular flexibility index (Phi) is 6.88. The van der Waals surface area contributed by atoms with E-state index in [1.165, 1.54) is 0 Å². The van der Waals surface area contributed by atoms with Gasteiger partial charge in [0.25, 0.3) is 0 Å². The van der Waals surface area contributed by atoms with Crippen molar-refractivity contribution in [1.29, 1.82) is 0 Å². The van der Waals surface area contributed by atoms with E-state index in [0.29, 0.717) is 24.0 Å². The zero-order chi connectivity index (χ0) is 26.1. The van der Waals surface area contributed by atoms with Gasteiger partial charge in [0.1, 0.15) is 5.75 Å². The van der Waals surface area contributed by atoms with Crippen LogP contribution >= 0.6 is 0 Å². The van der Waals surface area contributed by atoms with Gasteiger partial charge in [-0.25, -0.2) is 4.79 Å². The van der Waals surface area contributed by atoms with Crippen LogP contribution in [0.1, 0.15) is 63.0 Å². The highest BCUT2D eigenvalue weighted by Crippen LogP contribution is 2.47. The molecular formula is C32H33NO4. The molecule has 0 saturated heterocycles. The molecule has 3 aromatic carbocycles. The predicted octanol–water partition coefficient (Wildman–Crippen LogP) is 6.55. The van der Waals surface area contributed by atoms with Gasteiger partial charge in [0.15, 0.2) is 5.78 Å². The van der Waals surface area contributed by atoms with Crippen molar-refractivity contribution in [3.63, 3.8) is 0 Å². The minimum absolute atomic E-state index is 0.0549. The second-order valence-electron chi connectivity index (χ2n) is 9.98. The lowest BCUT2D eigenvalue weighted by Crippen LogP contribution is -2.36. The maximum atomic E-state index is 13.9. The Balaban J connectivity index is 1.62. The van der Waals surface area contributed by atoms with E-state index in [1.807, 2.05) is 69.3 Å². The molecule has 1 aliphatic heterocycles. The molecule has 1 aliphatic carbocycles. The maximum Gasteiger partial charge on any atom is 0.337 e. The molecule has 5 nitrogen and oxygen atoms in total. The van der Waals surface area contributed by atoms with E-state index in [9.17, 15) is 9.59 Å². The molecule has 5 heteroatoms. The summed E-state index contributed by atoms with van der Waals surface area (Å²) in [5.74, 6) is 0.0612. The van der Waals surface area contributed by atoms with E-state index >= 15 is 0 Å². The van der Waals surface area contributed by atoms with Gasteiger partial charge in [-0.2, -0.15) is 0 Å². The minimum Gasteiger partial charge on any atom is -0.497 e. The summed E-state index contributed by atoms with van der Waals surface area (Å²) in [6.07, 6.45) is 1.60. The van der Waals surface area contributed by atoms with E-state index in [2.05, 4.69) is 23.5 Å². The smallest absolute Gasteiger partial charge is 0.337 e. The fourth-order valence-corrected chi connectivity index (χ4v) is 5.56. The van der Waals surface area contributed by atoms with Gasteiger partial charge in [0.05, 0.1) is 18.8 Å². The normalized spacial score (nSPS) is 20.4. The average Bonchev–Trinajstić information content (AvgIpc) is 2.91. The van der Waals surface area contributed by atoms with Crippen LogP contribution in [0, 0.1) is 0 Å². The number of ether oxygens (including phenoxy) is 2. The summed E-state index contributed by atoms with van der Waals surface area (Å²) in [5.41, 5.74) is 4.90. The highest BCUT2D eigenvalue weighted by Gasteiger charge is 2.42. The predicted molar refractivity (Wildman–Crippen MR) is 145 cm³/mol. The van der Waals surface area contributed by atoms with Crippen LogP contribution in [-0.4, -0.2) is 25.0 Å². The van der Waals surface area contributed by atoms with Crippen molar-refractivity contribution in [3.8, 4) is 5.75 Å². The SMILES string of the molecule is CC[C@@H](C)OC(=O)C1=C(C)NC2=C(C(=O)C[C@H](c3ccc(OC)cc3)C2)[C@@H]1c1cccc2ccccc12. The topological polar surface area (TPSA) is 64.6 Å². The lowest BCUT2D eigenvalue weighted by molar-refractivity contribution is -0.143. The van der Waals surface area contributed by atoms with Crippen molar-refractivity contribution >= 4 is 22.5 Å². The third-order valence-electron chi connectivity index (χ3n) is 7.65. The quantitative estimate of drug-likeness (QED) is 0.393. The molecule has 0 fully saturated rings. The maximum absolute atomic E-state index is 13.9. The van der Waals surface area contributed by atoms with E-state index < -0.39 is 5.92 Å². The molecule has 0 aromatic heterocycles. The summed E-state index contributed by atoms with van der Waals surface area (Å²) < 4.78 is 11.1. The van der Waals surface area contributed by atoms with E-state index in [4.69, 9.17) is 9.47 Å². The fraction of sp³-hybridized carbons (Fsp3) is 0.312. The van der Waals surface area contributed by atoms with Crippen LogP contribution in [0.15, 0.2) is 89.3 Å². The Hall–Kier alpha value is -3.86. The summed E-state index contributed by atoms with van der Waals surface area (Å²) in [5, 5.41) is 5.57. The van der Waals surface area contributed by atoms with Crippen molar-refractivity contribution in [2.45, 2.75) is 58.0 Å². The fourth-order valence-electron chi connectivity index (χ4n) is 5.56. The Morgan fingerprint density at radius 1 is 1.03 bits per heavy atom. The second kappa shape index (κ2) is 10.3. The van der Waals surface area contributed by atoms with Crippen LogP contribution in [0.4, 0.5) is 0 Å². The van der Waals surface area contributed by atoms with Crippen molar-refractivity contribution in [1.82, 2.24) is 5.32 Å². The molecule has 0 radical (unpaired) electrons. The third-order valence-corrected chi connectivity index (χ3v) is 7.65. The van der Waals surface area contributed by atoms with Gasteiger partial charge in [-0.05, 0) is 66.6 Å². The highest BCUT2D eigenvalue weighted by molar-refractivity contribution is 6.05. The van der Waals surface area contributed by atoms with E-state index in [1.54, 1.807) is 7.11 Å². The number of fused-ring (bicyclic) bond motifs is 1. The molecule has 3 aromatic rings. The number of esters is 1. The number of dihydropyridines is 1. The number of Topliss-reactive ketones (excluding diaryl/α,β-unsaturated/α-hetero) is 1. The number of carbonyl (C=O) groups is 2. The second-order valence-corrected chi connectivity index (χ2v) is 9.98. The van der Waals surface area contributed by atoms with Crippen LogP contribution < -0.4 is 10.1 Å². The van der Waals surface area contributed by atoms with Gasteiger partial charge in [0, 0.05) is 29.3 Å². The lowest BCUT2D eigenvalue weighted by atomic mass is 9.71. The Morgan fingerprint density at radius 3 is 2.49 bits per heavy atom. The van der Waals surface area contributed by atoms with Gasteiger partial charge in [-0.3, -0.25) is 4.79 Å². The summed E-state index contributed by atoms with van der Waals surface area (Å²) in [6, 6.07) is 22.2. The van der Waals surface area contributed by atoms with E-state index in [-0.39, 0.29) is 23.8 Å². The van der Waals surface area contributed by atoms with Crippen molar-refractivity contribution in [2.24, 2.45) is 0 Å². The van der Waals surface area contributed by atoms with Crippen molar-refractivity contribution in [3.05, 3.63) is 100 Å². The molecular weight excluding hydrogens is 462 g/mol. The number of ketones is 1. The first kappa shape index (κ1) is 24.8. The third kappa shape index (κ3) is 4.66. The number of allylic oxidation sites excluding steroid dienone is 3. The zero-order valence-corrected chi connectivity index (χ0v) is 21.8. The standard InChI is InChI=1S/C32H33NO4/c1-5-19(2)37-32(35)29-20(3)33-27-17-23(21-13-15-24(36-4)16-14-21)18-28(34)31(27)30(29)26-12-8-10-22-9-6-7-11-25(22)26/h6-16,19,23,30,33H,5,17-18H2,1-4H3/t19-,23-,30-/m1/s1. The monoisotopic (exact) mass is 495 g/mol. The first-order chi connectivity index (χ1) is 17.9. The average molecular weight is 496 g/mol. The molecule has 37 heavy (non-hydrogen) atoms. The van der Waals surface area contributed by atoms with Crippen molar-refractivity contribution in [2.75, 3.05) is 7.11 Å². The van der Waals surface area contributed by atoms with E-state index in [0.717, 1.165) is 45.5 Å². The Labute approximate surface area is 218 Å². The molecule has 190 valence electrons. The first-order valence-corrected chi connectivity index (χ1v) is 13.0. The summed E-state index contributed by atoms with van der Waals surface area (Å²) in [6.45, 7) is 5.80. The molecule has 0 unspecified atom stereocenters. The van der Waals surface area contributed by atoms with Gasteiger partial charge in [0.2, 0.25) is 0 Å². The Morgan fingerprint density at radius 2 is 1.76 bits per heavy atom. The number of benzene rings is 3. The molecule has 1 N–H and O–H groups in total. The summed E-state index contributed by atoms with van der Waals surface area (Å²) >= 11 is 0. The van der Waals surface area contributed by atoms with Gasteiger partial charge in [-0.1, -0.05) is 61.5 Å². The van der Waals surface area contributed by atoms with Gasteiger partial charge < -0.3 is 14.8 Å². The van der Waals surface area contributed by atoms with Crippen LogP contribution in [0.3, 0.4) is 0 Å². The van der Waals surface area contributed by atoms with Gasteiger partial charge in [-0.15, -0.1) is 0 Å². The molecule has 5 rings (SSSR count). The zero-order valence-electron chi connectivity index (χ0n) is 21.8. The Bertz CT molecular complexity index is 1410. The number of methoxy groups -OCH3 is 1. The summed E-state index contributed by atoms with van der Waals surface area (Å²) in [4.78, 5) is 27.5. The molecule has 2 aliphatic rings. The molecule has 0 saturated carbocycles. The minimum atomic E-state index is -0.483. The highest BCUT2D eigenvalue weighted by atomic mass is 16.5. The largest absolute Gasteiger partial charge is 0.497 e. The molecule has 0 spiro atoms. The lowest BCUT2D eigenvalue weighted by Gasteiger charge is -2.37. The molecule has 0 amide bonds. The molecule has 0 bridgehead atoms. The van der Waals surface area contributed by atoms with Crippen LogP contribution in [0.25, 0.3) is 10.8 Å².